The molecule has 1 amide bonds. The molecule has 0 bridgehead atoms. The standard InChI is InChI=1S/C13H19N3O/c1-10(13(17)15-14)16-9-5-4-7-11-6-2-3-8-12(11)16/h2-3,6,8,10H,4-5,7,9,14H2,1H3,(H,15,17). The topological polar surface area (TPSA) is 58.4 Å². The molecule has 4 nitrogen and oxygen atoms in total. The SMILES string of the molecule is CC(C(=O)NN)N1CCCCc2ccccc21. The molecule has 2 rings (SSSR count). The fourth-order valence-electron chi connectivity index (χ4n) is 2.38. The number of aryl methyl sites for hydroxylation is 1. The monoisotopic (exact) mass is 233 g/mol. The van der Waals surface area contributed by atoms with Crippen LogP contribution in [0.5, 0.6) is 0 Å². The highest BCUT2D eigenvalue weighted by atomic mass is 16.2. The maximum atomic E-state index is 11.7. The number of hydrogen-bond acceptors (Lipinski definition) is 3. The summed E-state index contributed by atoms with van der Waals surface area (Å²) in [6, 6.07) is 8.07. The molecule has 1 atom stereocenters. The van der Waals surface area contributed by atoms with Crippen LogP contribution in [0.2, 0.25) is 0 Å². The summed E-state index contributed by atoms with van der Waals surface area (Å²) in [4.78, 5) is 13.8. The van der Waals surface area contributed by atoms with Crippen molar-refractivity contribution in [2.45, 2.75) is 32.2 Å². The smallest absolute Gasteiger partial charge is 0.256 e. The third kappa shape index (κ3) is 2.42. The van der Waals surface area contributed by atoms with Crippen LogP contribution in [-0.2, 0) is 11.2 Å². The normalized spacial score (nSPS) is 16.9. The van der Waals surface area contributed by atoms with Gasteiger partial charge in [-0.2, -0.15) is 0 Å². The molecule has 1 heterocycles. The predicted molar refractivity (Wildman–Crippen MR) is 68.5 cm³/mol. The van der Waals surface area contributed by atoms with E-state index in [2.05, 4.69) is 28.5 Å². The second-order valence-electron chi connectivity index (χ2n) is 4.46. The summed E-state index contributed by atoms with van der Waals surface area (Å²) in [5.74, 6) is 5.08. The van der Waals surface area contributed by atoms with Crippen molar-refractivity contribution in [3.05, 3.63) is 29.8 Å². The minimum absolute atomic E-state index is 0.137. The number of nitrogens with zero attached hydrogens (tertiary/aromatic N) is 1. The number of anilines is 1. The van der Waals surface area contributed by atoms with Gasteiger partial charge in [-0.25, -0.2) is 5.84 Å². The Balaban J connectivity index is 2.31. The van der Waals surface area contributed by atoms with Crippen LogP contribution in [0.15, 0.2) is 24.3 Å². The minimum Gasteiger partial charge on any atom is -0.360 e. The summed E-state index contributed by atoms with van der Waals surface area (Å²) >= 11 is 0. The molecule has 17 heavy (non-hydrogen) atoms. The Hall–Kier alpha value is -1.55. The molecule has 0 aromatic heterocycles. The van der Waals surface area contributed by atoms with E-state index in [0.29, 0.717) is 0 Å². The summed E-state index contributed by atoms with van der Waals surface area (Å²) < 4.78 is 0. The summed E-state index contributed by atoms with van der Waals surface area (Å²) in [5.41, 5.74) is 4.72. The zero-order chi connectivity index (χ0) is 12.3. The number of carbonyl (C=O) groups is 1. The first-order chi connectivity index (χ1) is 8.24. The third-order valence-electron chi connectivity index (χ3n) is 3.39. The average molecular weight is 233 g/mol. The number of benzene rings is 1. The number of carbonyl (C=O) groups excluding carboxylic acids is 1. The van der Waals surface area contributed by atoms with Gasteiger partial charge in [0.25, 0.3) is 5.91 Å². The molecule has 1 aliphatic heterocycles. The van der Waals surface area contributed by atoms with Gasteiger partial charge in [0.15, 0.2) is 0 Å². The molecule has 92 valence electrons. The number of amides is 1. The quantitative estimate of drug-likeness (QED) is 0.458. The zero-order valence-corrected chi connectivity index (χ0v) is 10.1. The van der Waals surface area contributed by atoms with Crippen molar-refractivity contribution in [2.24, 2.45) is 5.84 Å². The molecule has 0 spiro atoms. The van der Waals surface area contributed by atoms with Crippen LogP contribution in [-0.4, -0.2) is 18.5 Å². The minimum atomic E-state index is -0.223. The number of rotatable bonds is 2. The number of nitrogens with one attached hydrogen (secondary N) is 1. The second kappa shape index (κ2) is 5.19. The van der Waals surface area contributed by atoms with E-state index in [9.17, 15) is 4.79 Å². The highest BCUT2D eigenvalue weighted by Gasteiger charge is 2.23. The predicted octanol–water partition coefficient (Wildman–Crippen LogP) is 1.21. The van der Waals surface area contributed by atoms with Crippen LogP contribution in [0.25, 0.3) is 0 Å². The van der Waals surface area contributed by atoms with Gasteiger partial charge in [0, 0.05) is 12.2 Å². The van der Waals surface area contributed by atoms with Gasteiger partial charge in [-0.3, -0.25) is 10.2 Å². The van der Waals surface area contributed by atoms with Crippen LogP contribution >= 0.6 is 0 Å². The van der Waals surface area contributed by atoms with Crippen molar-refractivity contribution in [3.8, 4) is 0 Å². The van der Waals surface area contributed by atoms with Gasteiger partial charge in [-0.15, -0.1) is 0 Å². The van der Waals surface area contributed by atoms with Gasteiger partial charge >= 0.3 is 0 Å². The third-order valence-corrected chi connectivity index (χ3v) is 3.39. The van der Waals surface area contributed by atoms with E-state index in [0.717, 1.165) is 19.4 Å². The molecule has 0 aliphatic carbocycles. The molecular formula is C13H19N3O. The van der Waals surface area contributed by atoms with Crippen molar-refractivity contribution in [1.29, 1.82) is 0 Å². The molecule has 0 saturated carbocycles. The Bertz CT molecular complexity index is 405. The van der Waals surface area contributed by atoms with E-state index in [1.54, 1.807) is 0 Å². The molecule has 1 aliphatic rings. The molecular weight excluding hydrogens is 214 g/mol. The fourth-order valence-corrected chi connectivity index (χ4v) is 2.38. The second-order valence-corrected chi connectivity index (χ2v) is 4.46. The van der Waals surface area contributed by atoms with Gasteiger partial charge in [0.2, 0.25) is 0 Å². The van der Waals surface area contributed by atoms with Gasteiger partial charge in [0.1, 0.15) is 6.04 Å². The van der Waals surface area contributed by atoms with E-state index in [-0.39, 0.29) is 11.9 Å². The van der Waals surface area contributed by atoms with Crippen molar-refractivity contribution >= 4 is 11.6 Å². The van der Waals surface area contributed by atoms with Gasteiger partial charge < -0.3 is 4.90 Å². The summed E-state index contributed by atoms with van der Waals surface area (Å²) in [5, 5.41) is 0. The highest BCUT2D eigenvalue weighted by molar-refractivity contribution is 5.84. The Morgan fingerprint density at radius 1 is 1.41 bits per heavy atom. The van der Waals surface area contributed by atoms with E-state index < -0.39 is 0 Å². The van der Waals surface area contributed by atoms with Crippen molar-refractivity contribution in [2.75, 3.05) is 11.4 Å². The number of fused-ring (bicyclic) bond motifs is 1. The Morgan fingerprint density at radius 3 is 2.94 bits per heavy atom. The van der Waals surface area contributed by atoms with E-state index in [1.165, 1.54) is 17.7 Å². The lowest BCUT2D eigenvalue weighted by atomic mass is 10.1. The number of para-hydroxylation sites is 1. The van der Waals surface area contributed by atoms with Crippen LogP contribution < -0.4 is 16.2 Å². The van der Waals surface area contributed by atoms with E-state index in [4.69, 9.17) is 5.84 Å². The Kier molecular flexibility index (Phi) is 3.64. The van der Waals surface area contributed by atoms with Gasteiger partial charge in [-0.1, -0.05) is 18.2 Å². The molecule has 0 radical (unpaired) electrons. The lowest BCUT2D eigenvalue weighted by Gasteiger charge is -2.30. The largest absolute Gasteiger partial charge is 0.360 e. The summed E-state index contributed by atoms with van der Waals surface area (Å²) in [6.45, 7) is 2.80. The first-order valence-electron chi connectivity index (χ1n) is 6.09. The average Bonchev–Trinajstić information content (AvgIpc) is 2.59. The van der Waals surface area contributed by atoms with Crippen molar-refractivity contribution in [3.63, 3.8) is 0 Å². The maximum Gasteiger partial charge on any atom is 0.256 e. The van der Waals surface area contributed by atoms with Crippen LogP contribution in [0.3, 0.4) is 0 Å². The first-order valence-corrected chi connectivity index (χ1v) is 6.09. The lowest BCUT2D eigenvalue weighted by molar-refractivity contribution is -0.122. The van der Waals surface area contributed by atoms with Crippen LogP contribution in [0.4, 0.5) is 5.69 Å². The summed E-state index contributed by atoms with van der Waals surface area (Å²) in [7, 11) is 0. The van der Waals surface area contributed by atoms with Crippen LogP contribution in [0.1, 0.15) is 25.3 Å². The zero-order valence-electron chi connectivity index (χ0n) is 10.1. The molecule has 1 aromatic carbocycles. The number of hydrogen-bond donors (Lipinski definition) is 2. The van der Waals surface area contributed by atoms with E-state index in [1.807, 2.05) is 13.0 Å². The summed E-state index contributed by atoms with van der Waals surface area (Å²) in [6.07, 6.45) is 3.37. The first kappa shape index (κ1) is 11.9. The number of hydrazine groups is 1. The molecule has 3 N–H and O–H groups in total. The highest BCUT2D eigenvalue weighted by Crippen LogP contribution is 2.27. The van der Waals surface area contributed by atoms with Crippen molar-refractivity contribution < 1.29 is 4.79 Å². The molecule has 1 aromatic rings. The fraction of sp³-hybridized carbons (Fsp3) is 0.462. The molecule has 1 unspecified atom stereocenters. The van der Waals surface area contributed by atoms with Crippen LogP contribution in [0, 0.1) is 0 Å². The number of nitrogens with two attached hydrogens (primary N) is 1. The molecule has 0 fully saturated rings. The molecule has 0 saturated heterocycles. The van der Waals surface area contributed by atoms with Crippen molar-refractivity contribution in [1.82, 2.24) is 5.43 Å². The van der Waals surface area contributed by atoms with Gasteiger partial charge in [-0.05, 0) is 37.8 Å². The molecule has 4 heteroatoms. The van der Waals surface area contributed by atoms with Gasteiger partial charge in [0.05, 0.1) is 0 Å². The Morgan fingerprint density at radius 2 is 2.18 bits per heavy atom. The lowest BCUT2D eigenvalue weighted by Crippen LogP contribution is -2.48. The Labute approximate surface area is 102 Å². The van der Waals surface area contributed by atoms with E-state index >= 15 is 0 Å². The maximum absolute atomic E-state index is 11.7.